The number of nitrogens with two attached hydrogens (primary N) is 1. The Morgan fingerprint density at radius 1 is 1.45 bits per heavy atom. The predicted octanol–water partition coefficient (Wildman–Crippen LogP) is 3.38. The van der Waals surface area contributed by atoms with Crippen LogP contribution in [0.4, 0.5) is 0 Å². The van der Waals surface area contributed by atoms with Gasteiger partial charge in [0.25, 0.3) is 5.91 Å². The summed E-state index contributed by atoms with van der Waals surface area (Å²) in [5.74, 6) is 0.107. The van der Waals surface area contributed by atoms with E-state index in [1.165, 1.54) is 0 Å². The maximum atomic E-state index is 12.5. The minimum atomic E-state index is -0.0156. The van der Waals surface area contributed by atoms with Gasteiger partial charge in [-0.3, -0.25) is 4.79 Å². The zero-order valence-corrected chi connectivity index (χ0v) is 14.6. The molecule has 1 aliphatic heterocycles. The summed E-state index contributed by atoms with van der Waals surface area (Å²) in [7, 11) is 0. The van der Waals surface area contributed by atoms with Crippen molar-refractivity contribution in [2.45, 2.75) is 33.2 Å². The number of likely N-dealkylation sites (tertiary alicyclic amines) is 1. The highest BCUT2D eigenvalue weighted by molar-refractivity contribution is 9.10. The molecule has 1 saturated heterocycles. The lowest BCUT2D eigenvalue weighted by Gasteiger charge is -2.42. The van der Waals surface area contributed by atoms with Gasteiger partial charge < -0.3 is 10.6 Å². The van der Waals surface area contributed by atoms with Crippen LogP contribution >= 0.6 is 28.3 Å². The maximum Gasteiger partial charge on any atom is 0.253 e. The van der Waals surface area contributed by atoms with Crippen LogP contribution < -0.4 is 5.73 Å². The summed E-state index contributed by atoms with van der Waals surface area (Å²) in [6.07, 6.45) is 0.869. The van der Waals surface area contributed by atoms with Crippen molar-refractivity contribution < 1.29 is 4.79 Å². The molecule has 3 nitrogen and oxygen atoms in total. The molecule has 2 rings (SSSR count). The molecule has 1 amide bonds. The molecule has 0 aromatic heterocycles. The van der Waals surface area contributed by atoms with E-state index < -0.39 is 0 Å². The van der Waals surface area contributed by atoms with E-state index in [0.29, 0.717) is 0 Å². The van der Waals surface area contributed by atoms with Crippen molar-refractivity contribution in [2.75, 3.05) is 13.1 Å². The second-order valence-electron chi connectivity index (χ2n) is 6.07. The van der Waals surface area contributed by atoms with Gasteiger partial charge in [0, 0.05) is 29.2 Å². The number of benzene rings is 1. The van der Waals surface area contributed by atoms with E-state index in [-0.39, 0.29) is 29.8 Å². The number of rotatable bonds is 1. The largest absolute Gasteiger partial charge is 0.338 e. The van der Waals surface area contributed by atoms with E-state index in [2.05, 4.69) is 29.8 Å². The molecule has 112 valence electrons. The average molecular weight is 362 g/mol. The van der Waals surface area contributed by atoms with Crippen LogP contribution in [0.5, 0.6) is 0 Å². The molecule has 0 aliphatic carbocycles. The minimum absolute atomic E-state index is 0. The van der Waals surface area contributed by atoms with Crippen LogP contribution in [-0.2, 0) is 0 Å². The number of aryl methyl sites for hydroxylation is 1. The van der Waals surface area contributed by atoms with Gasteiger partial charge >= 0.3 is 0 Å². The van der Waals surface area contributed by atoms with E-state index in [1.54, 1.807) is 0 Å². The molecule has 0 bridgehead atoms. The number of hydrogen-bond donors (Lipinski definition) is 1. The van der Waals surface area contributed by atoms with Gasteiger partial charge in [0.2, 0.25) is 0 Å². The molecular formula is C15H22BrClN2O. The lowest BCUT2D eigenvalue weighted by Crippen LogP contribution is -2.54. The Kier molecular flexibility index (Phi) is 5.64. The molecule has 1 aliphatic rings. The Balaban J connectivity index is 0.00000200. The Morgan fingerprint density at radius 3 is 2.65 bits per heavy atom. The second-order valence-corrected chi connectivity index (χ2v) is 6.93. The van der Waals surface area contributed by atoms with E-state index >= 15 is 0 Å². The summed E-state index contributed by atoms with van der Waals surface area (Å²) in [4.78, 5) is 14.5. The Labute approximate surface area is 135 Å². The topological polar surface area (TPSA) is 46.3 Å². The van der Waals surface area contributed by atoms with Crippen molar-refractivity contribution >= 4 is 34.2 Å². The maximum absolute atomic E-state index is 12.5. The number of halogens is 2. The Morgan fingerprint density at radius 2 is 2.10 bits per heavy atom. The zero-order chi connectivity index (χ0) is 14.2. The van der Waals surface area contributed by atoms with Crippen molar-refractivity contribution in [1.82, 2.24) is 4.90 Å². The van der Waals surface area contributed by atoms with Gasteiger partial charge in [0.15, 0.2) is 0 Å². The number of carbonyl (C=O) groups excluding carboxylic acids is 1. The highest BCUT2D eigenvalue weighted by Crippen LogP contribution is 2.29. The molecule has 1 aromatic carbocycles. The van der Waals surface area contributed by atoms with Crippen molar-refractivity contribution in [3.8, 4) is 0 Å². The quantitative estimate of drug-likeness (QED) is 0.833. The molecule has 2 N–H and O–H groups in total. The van der Waals surface area contributed by atoms with Gasteiger partial charge in [0.05, 0.1) is 0 Å². The third kappa shape index (κ3) is 3.54. The molecule has 0 radical (unpaired) electrons. The van der Waals surface area contributed by atoms with Gasteiger partial charge in [-0.1, -0.05) is 29.8 Å². The first-order chi connectivity index (χ1) is 8.81. The zero-order valence-electron chi connectivity index (χ0n) is 12.1. The number of hydrogen-bond acceptors (Lipinski definition) is 2. The van der Waals surface area contributed by atoms with Gasteiger partial charge in [-0.2, -0.15) is 0 Å². The summed E-state index contributed by atoms with van der Waals surface area (Å²) in [6.45, 7) is 7.73. The van der Waals surface area contributed by atoms with Crippen LogP contribution in [-0.4, -0.2) is 29.9 Å². The highest BCUT2D eigenvalue weighted by atomic mass is 79.9. The van der Waals surface area contributed by atoms with E-state index in [0.717, 1.165) is 35.1 Å². The van der Waals surface area contributed by atoms with Crippen molar-refractivity contribution in [3.05, 3.63) is 33.8 Å². The fraction of sp³-hybridized carbons (Fsp3) is 0.533. The van der Waals surface area contributed by atoms with Crippen LogP contribution in [0.3, 0.4) is 0 Å². The van der Waals surface area contributed by atoms with E-state index in [4.69, 9.17) is 5.73 Å². The number of amides is 1. The van der Waals surface area contributed by atoms with Crippen LogP contribution in [0, 0.1) is 12.3 Å². The lowest BCUT2D eigenvalue weighted by atomic mass is 9.79. The summed E-state index contributed by atoms with van der Waals surface area (Å²) in [5, 5.41) is 0. The van der Waals surface area contributed by atoms with Crippen molar-refractivity contribution in [1.29, 1.82) is 0 Å². The molecule has 1 atom stereocenters. The van der Waals surface area contributed by atoms with Gasteiger partial charge in [-0.05, 0) is 42.5 Å². The standard InChI is InChI=1S/C15H21BrN2O.ClH/c1-10-8-11(4-5-12(10)16)14(19)18-7-6-13(17)15(2,3)9-18;/h4-5,8,13H,6-7,9,17H2,1-3H3;1H. The van der Waals surface area contributed by atoms with Gasteiger partial charge in [0.1, 0.15) is 0 Å². The summed E-state index contributed by atoms with van der Waals surface area (Å²) >= 11 is 3.46. The minimum Gasteiger partial charge on any atom is -0.338 e. The monoisotopic (exact) mass is 360 g/mol. The van der Waals surface area contributed by atoms with E-state index in [1.807, 2.05) is 30.0 Å². The summed E-state index contributed by atoms with van der Waals surface area (Å²) in [5.41, 5.74) is 7.94. The first-order valence-corrected chi connectivity index (χ1v) is 7.41. The SMILES string of the molecule is Cc1cc(C(=O)N2CCC(N)C(C)(C)C2)ccc1Br.Cl. The molecule has 1 unspecified atom stereocenters. The van der Waals surface area contributed by atoms with Crippen LogP contribution in [0.15, 0.2) is 22.7 Å². The smallest absolute Gasteiger partial charge is 0.253 e. The fourth-order valence-corrected chi connectivity index (χ4v) is 2.75. The van der Waals surface area contributed by atoms with Crippen LogP contribution in [0.2, 0.25) is 0 Å². The van der Waals surface area contributed by atoms with Crippen molar-refractivity contribution in [3.63, 3.8) is 0 Å². The molecule has 1 aromatic rings. The number of nitrogens with zero attached hydrogens (tertiary/aromatic N) is 1. The first-order valence-electron chi connectivity index (χ1n) is 6.62. The Bertz CT molecular complexity index is 505. The summed E-state index contributed by atoms with van der Waals surface area (Å²) in [6, 6.07) is 5.92. The lowest BCUT2D eigenvalue weighted by molar-refractivity contribution is 0.0533. The third-order valence-electron chi connectivity index (χ3n) is 4.00. The van der Waals surface area contributed by atoms with E-state index in [9.17, 15) is 4.79 Å². The Hall–Kier alpha value is -0.580. The first kappa shape index (κ1) is 17.5. The number of piperidine rings is 1. The molecule has 1 fully saturated rings. The second kappa shape index (κ2) is 6.46. The van der Waals surface area contributed by atoms with Gasteiger partial charge in [-0.25, -0.2) is 0 Å². The van der Waals surface area contributed by atoms with Crippen molar-refractivity contribution in [2.24, 2.45) is 11.1 Å². The molecule has 5 heteroatoms. The molecular weight excluding hydrogens is 340 g/mol. The molecule has 20 heavy (non-hydrogen) atoms. The fourth-order valence-electron chi connectivity index (χ4n) is 2.51. The van der Waals surface area contributed by atoms with Crippen LogP contribution in [0.1, 0.15) is 36.2 Å². The molecule has 0 spiro atoms. The normalized spacial score (nSPS) is 21.2. The number of carbonyl (C=O) groups is 1. The average Bonchev–Trinajstić information content (AvgIpc) is 2.35. The highest BCUT2D eigenvalue weighted by Gasteiger charge is 2.35. The molecule has 0 saturated carbocycles. The predicted molar refractivity (Wildman–Crippen MR) is 88.4 cm³/mol. The van der Waals surface area contributed by atoms with Gasteiger partial charge in [-0.15, -0.1) is 12.4 Å². The summed E-state index contributed by atoms with van der Waals surface area (Å²) < 4.78 is 1.03. The third-order valence-corrected chi connectivity index (χ3v) is 4.89. The molecule has 1 heterocycles. The van der Waals surface area contributed by atoms with Crippen LogP contribution in [0.25, 0.3) is 0 Å².